The zero-order valence-electron chi connectivity index (χ0n) is 14.2. The third-order valence-electron chi connectivity index (χ3n) is 5.20. The summed E-state index contributed by atoms with van der Waals surface area (Å²) in [5.41, 5.74) is 5.15. The van der Waals surface area contributed by atoms with Gasteiger partial charge in [-0.2, -0.15) is 15.6 Å². The lowest BCUT2D eigenvalue weighted by Gasteiger charge is -2.34. The van der Waals surface area contributed by atoms with Gasteiger partial charge >= 0.3 is 0 Å². The number of aromatic nitrogens is 3. The van der Waals surface area contributed by atoms with E-state index in [0.717, 1.165) is 19.4 Å². The first-order valence-electron chi connectivity index (χ1n) is 8.64. The third kappa shape index (κ3) is 2.96. The maximum Gasteiger partial charge on any atom is 0.137 e. The van der Waals surface area contributed by atoms with E-state index in [-0.39, 0.29) is 5.92 Å². The molecule has 0 bridgehead atoms. The van der Waals surface area contributed by atoms with Gasteiger partial charge in [-0.15, -0.1) is 0 Å². The van der Waals surface area contributed by atoms with Crippen LogP contribution in [0, 0.1) is 22.7 Å². The molecule has 0 radical (unpaired) electrons. The van der Waals surface area contributed by atoms with Crippen LogP contribution >= 0.6 is 0 Å². The molecule has 2 atom stereocenters. The average molecular weight is 339 g/mol. The summed E-state index contributed by atoms with van der Waals surface area (Å²) in [7, 11) is 0. The van der Waals surface area contributed by atoms with E-state index in [1.165, 1.54) is 16.7 Å². The van der Waals surface area contributed by atoms with E-state index < -0.39 is 0 Å². The van der Waals surface area contributed by atoms with E-state index in [9.17, 15) is 5.26 Å². The van der Waals surface area contributed by atoms with Crippen LogP contribution in [0.1, 0.15) is 46.1 Å². The Balaban J connectivity index is 1.75. The van der Waals surface area contributed by atoms with Gasteiger partial charge in [-0.3, -0.25) is 4.68 Å². The van der Waals surface area contributed by atoms with Gasteiger partial charge in [0.1, 0.15) is 12.7 Å². The lowest BCUT2D eigenvalue weighted by Crippen LogP contribution is -2.24. The number of rotatable bonds is 3. The van der Waals surface area contributed by atoms with Crippen LogP contribution in [-0.4, -0.2) is 14.8 Å². The van der Waals surface area contributed by atoms with E-state index in [0.29, 0.717) is 17.0 Å². The van der Waals surface area contributed by atoms with Crippen LogP contribution in [0.5, 0.6) is 0 Å². The molecular weight excluding hydrogens is 322 g/mol. The fourth-order valence-electron chi connectivity index (χ4n) is 3.94. The van der Waals surface area contributed by atoms with E-state index in [2.05, 4.69) is 40.4 Å². The molecule has 3 aromatic rings. The van der Waals surface area contributed by atoms with Crippen LogP contribution in [0.25, 0.3) is 0 Å². The Morgan fingerprint density at radius 1 is 1.04 bits per heavy atom. The summed E-state index contributed by atoms with van der Waals surface area (Å²) in [6.45, 7) is 0.740. The highest BCUT2D eigenvalue weighted by Gasteiger charge is 2.31. The van der Waals surface area contributed by atoms with Crippen LogP contribution in [0.4, 0.5) is 0 Å². The summed E-state index contributed by atoms with van der Waals surface area (Å²) in [6, 6.07) is 18.3. The molecule has 1 aliphatic carbocycles. The molecule has 0 spiro atoms. The number of fused-ring (bicyclic) bond motifs is 1. The highest BCUT2D eigenvalue weighted by Crippen LogP contribution is 2.43. The van der Waals surface area contributed by atoms with Gasteiger partial charge in [0.2, 0.25) is 0 Å². The number of nitriles is 2. The van der Waals surface area contributed by atoms with E-state index in [1.807, 2.05) is 28.9 Å². The molecule has 0 amide bonds. The fourth-order valence-corrected chi connectivity index (χ4v) is 3.94. The zero-order chi connectivity index (χ0) is 17.9. The van der Waals surface area contributed by atoms with Crippen molar-refractivity contribution in [2.75, 3.05) is 0 Å². The Hall–Kier alpha value is -3.44. The topological polar surface area (TPSA) is 78.3 Å². The van der Waals surface area contributed by atoms with Gasteiger partial charge in [0, 0.05) is 5.92 Å². The second-order valence-corrected chi connectivity index (χ2v) is 6.63. The van der Waals surface area contributed by atoms with E-state index in [4.69, 9.17) is 5.26 Å². The maximum absolute atomic E-state index is 9.19. The normalized spacial score (nSPS) is 18.5. The van der Waals surface area contributed by atoms with Gasteiger partial charge in [0.15, 0.2) is 0 Å². The SMILES string of the molecule is N#Cc1ccc(C2CCc3cc(C#N)ccc3C2Cn2cncn2)cc1. The zero-order valence-corrected chi connectivity index (χ0v) is 14.2. The van der Waals surface area contributed by atoms with Crippen molar-refractivity contribution in [2.24, 2.45) is 0 Å². The summed E-state index contributed by atoms with van der Waals surface area (Å²) in [4.78, 5) is 4.06. The Morgan fingerprint density at radius 2 is 1.81 bits per heavy atom. The molecule has 0 fully saturated rings. The van der Waals surface area contributed by atoms with Gasteiger partial charge in [-0.25, -0.2) is 4.98 Å². The molecule has 126 valence electrons. The smallest absolute Gasteiger partial charge is 0.137 e. The van der Waals surface area contributed by atoms with Crippen molar-refractivity contribution in [2.45, 2.75) is 31.2 Å². The number of hydrogen-bond donors (Lipinski definition) is 0. The molecule has 5 heteroatoms. The third-order valence-corrected chi connectivity index (χ3v) is 5.20. The molecule has 4 rings (SSSR count). The standard InChI is InChI=1S/C21H17N5/c22-10-15-1-4-17(5-2-15)19-8-6-18-9-16(11-23)3-7-20(18)21(19)12-26-14-24-13-25-26/h1-5,7,9,13-14,19,21H,6,8,12H2. The van der Waals surface area contributed by atoms with Crippen molar-refractivity contribution in [1.29, 1.82) is 10.5 Å². The number of hydrogen-bond acceptors (Lipinski definition) is 4. The number of nitrogens with zero attached hydrogens (tertiary/aromatic N) is 5. The summed E-state index contributed by atoms with van der Waals surface area (Å²) in [5, 5.41) is 22.5. The summed E-state index contributed by atoms with van der Waals surface area (Å²) in [6.07, 6.45) is 5.25. The molecule has 2 unspecified atom stereocenters. The lowest BCUT2D eigenvalue weighted by atomic mass is 9.71. The maximum atomic E-state index is 9.19. The largest absolute Gasteiger partial charge is 0.252 e. The fraction of sp³-hybridized carbons (Fsp3) is 0.238. The minimum atomic E-state index is 0.251. The van der Waals surface area contributed by atoms with Crippen molar-refractivity contribution in [1.82, 2.24) is 14.8 Å². The Bertz CT molecular complexity index is 990. The molecule has 1 heterocycles. The number of aryl methyl sites for hydroxylation is 1. The van der Waals surface area contributed by atoms with Crippen molar-refractivity contribution in [3.05, 3.63) is 82.9 Å². The Kier molecular flexibility index (Phi) is 4.21. The van der Waals surface area contributed by atoms with Crippen molar-refractivity contribution < 1.29 is 0 Å². The Morgan fingerprint density at radius 3 is 2.50 bits per heavy atom. The van der Waals surface area contributed by atoms with Crippen LogP contribution in [0.2, 0.25) is 0 Å². The molecule has 0 saturated carbocycles. The van der Waals surface area contributed by atoms with Gasteiger partial charge < -0.3 is 0 Å². The predicted molar refractivity (Wildman–Crippen MR) is 96.1 cm³/mol. The van der Waals surface area contributed by atoms with Gasteiger partial charge in [-0.05, 0) is 59.7 Å². The van der Waals surface area contributed by atoms with Crippen molar-refractivity contribution in [3.8, 4) is 12.1 Å². The summed E-state index contributed by atoms with van der Waals surface area (Å²) in [5.74, 6) is 0.591. The van der Waals surface area contributed by atoms with Crippen LogP contribution in [0.3, 0.4) is 0 Å². The summed E-state index contributed by atoms with van der Waals surface area (Å²) < 4.78 is 1.87. The minimum Gasteiger partial charge on any atom is -0.252 e. The second-order valence-electron chi connectivity index (χ2n) is 6.63. The molecule has 0 aliphatic heterocycles. The minimum absolute atomic E-state index is 0.251. The monoisotopic (exact) mass is 339 g/mol. The van der Waals surface area contributed by atoms with Crippen molar-refractivity contribution >= 4 is 0 Å². The molecular formula is C21H17N5. The average Bonchev–Trinajstić information content (AvgIpc) is 3.21. The molecule has 2 aromatic carbocycles. The van der Waals surface area contributed by atoms with Crippen LogP contribution in [0.15, 0.2) is 55.1 Å². The van der Waals surface area contributed by atoms with Gasteiger partial charge in [-0.1, -0.05) is 18.2 Å². The first-order valence-corrected chi connectivity index (χ1v) is 8.64. The molecule has 5 nitrogen and oxygen atoms in total. The first kappa shape index (κ1) is 16.1. The predicted octanol–water partition coefficient (Wildman–Crippen LogP) is 3.54. The highest BCUT2D eigenvalue weighted by molar-refractivity contribution is 5.44. The molecule has 1 aliphatic rings. The molecule has 0 N–H and O–H groups in total. The number of benzene rings is 2. The van der Waals surface area contributed by atoms with Gasteiger partial charge in [0.25, 0.3) is 0 Å². The quantitative estimate of drug-likeness (QED) is 0.731. The van der Waals surface area contributed by atoms with E-state index >= 15 is 0 Å². The van der Waals surface area contributed by atoms with Crippen molar-refractivity contribution in [3.63, 3.8) is 0 Å². The van der Waals surface area contributed by atoms with Crippen LogP contribution in [-0.2, 0) is 13.0 Å². The van der Waals surface area contributed by atoms with Gasteiger partial charge in [0.05, 0.1) is 29.8 Å². The molecule has 0 saturated heterocycles. The lowest BCUT2D eigenvalue weighted by molar-refractivity contribution is 0.405. The first-order chi connectivity index (χ1) is 12.8. The highest BCUT2D eigenvalue weighted by atomic mass is 15.3. The molecule has 26 heavy (non-hydrogen) atoms. The van der Waals surface area contributed by atoms with E-state index in [1.54, 1.807) is 12.7 Å². The molecule has 1 aromatic heterocycles. The van der Waals surface area contributed by atoms with Crippen LogP contribution < -0.4 is 0 Å². The second kappa shape index (κ2) is 6.82. The Labute approximate surface area is 152 Å². The summed E-state index contributed by atoms with van der Waals surface area (Å²) >= 11 is 0.